The molecule has 208 valence electrons. The van der Waals surface area contributed by atoms with Crippen molar-refractivity contribution in [2.75, 3.05) is 5.32 Å². The van der Waals surface area contributed by atoms with Crippen molar-refractivity contribution in [3.8, 4) is 11.3 Å². The summed E-state index contributed by atoms with van der Waals surface area (Å²) in [5, 5.41) is 11.8. The summed E-state index contributed by atoms with van der Waals surface area (Å²) in [6.45, 7) is 1.75. The number of benzene rings is 1. The van der Waals surface area contributed by atoms with Gasteiger partial charge in [-0.2, -0.15) is 36.5 Å². The van der Waals surface area contributed by atoms with Crippen molar-refractivity contribution in [1.82, 2.24) is 24.5 Å². The highest BCUT2D eigenvalue weighted by atomic mass is 19.4. The zero-order chi connectivity index (χ0) is 28.7. The van der Waals surface area contributed by atoms with E-state index in [1.54, 1.807) is 12.0 Å². The Morgan fingerprint density at radius 1 is 1.08 bits per heavy atom. The highest BCUT2D eigenvalue weighted by molar-refractivity contribution is 5.86. The second-order valence-corrected chi connectivity index (χ2v) is 8.94. The molecule has 0 aliphatic heterocycles. The Bertz CT molecular complexity index is 1640. The fourth-order valence-corrected chi connectivity index (χ4v) is 4.24. The number of aromatic nitrogens is 5. The van der Waals surface area contributed by atoms with Crippen LogP contribution in [0, 0.1) is 5.82 Å². The van der Waals surface area contributed by atoms with Crippen LogP contribution in [0.3, 0.4) is 0 Å². The first kappa shape index (κ1) is 27.9. The Labute approximate surface area is 215 Å². The van der Waals surface area contributed by atoms with E-state index < -0.39 is 52.3 Å². The normalized spacial score (nSPS) is 13.2. The third-order valence-corrected chi connectivity index (χ3v) is 6.09. The summed E-state index contributed by atoms with van der Waals surface area (Å²) >= 11 is 0. The van der Waals surface area contributed by atoms with Gasteiger partial charge in [0.1, 0.15) is 17.1 Å². The smallest absolute Gasteiger partial charge is 0.381 e. The van der Waals surface area contributed by atoms with E-state index in [0.717, 1.165) is 25.4 Å². The minimum absolute atomic E-state index is 0.00121. The van der Waals surface area contributed by atoms with Gasteiger partial charge in [0.25, 0.3) is 11.1 Å². The van der Waals surface area contributed by atoms with E-state index in [-0.39, 0.29) is 23.2 Å². The summed E-state index contributed by atoms with van der Waals surface area (Å²) in [4.78, 5) is 24.5. The van der Waals surface area contributed by atoms with Crippen LogP contribution in [0.5, 0.6) is 0 Å². The molecule has 0 saturated carbocycles. The second-order valence-electron chi connectivity index (χ2n) is 8.94. The van der Waals surface area contributed by atoms with E-state index >= 15 is 0 Å². The molecule has 0 bridgehead atoms. The number of H-pyrrole nitrogens is 1. The van der Waals surface area contributed by atoms with Crippen molar-refractivity contribution < 1.29 is 30.7 Å². The molecule has 8 nitrogen and oxygen atoms in total. The van der Waals surface area contributed by atoms with Gasteiger partial charge in [-0.15, -0.1) is 0 Å². The van der Waals surface area contributed by atoms with E-state index in [9.17, 15) is 40.3 Å². The molecule has 4 rings (SSSR count). The molecular weight excluding hydrogens is 537 g/mol. The topological polar surface area (TPSA) is 97.6 Å². The lowest BCUT2D eigenvalue weighted by molar-refractivity contribution is -0.143. The minimum Gasteiger partial charge on any atom is -0.381 e. The molecule has 0 aliphatic rings. The molecular formula is C24H21F7N6O2. The van der Waals surface area contributed by atoms with Crippen LogP contribution in [0.15, 0.2) is 46.2 Å². The zero-order valence-corrected chi connectivity index (χ0v) is 20.4. The van der Waals surface area contributed by atoms with Gasteiger partial charge in [-0.3, -0.25) is 14.3 Å². The van der Waals surface area contributed by atoms with Crippen molar-refractivity contribution in [3.05, 3.63) is 74.4 Å². The van der Waals surface area contributed by atoms with Gasteiger partial charge in [0.05, 0.1) is 23.0 Å². The summed E-state index contributed by atoms with van der Waals surface area (Å²) in [5.41, 5.74) is -5.27. The number of aromatic amines is 1. The van der Waals surface area contributed by atoms with E-state index in [4.69, 9.17) is 0 Å². The van der Waals surface area contributed by atoms with Crippen molar-refractivity contribution in [3.63, 3.8) is 0 Å². The maximum Gasteiger partial charge on any atom is 0.433 e. The SMILES string of the molecule is CC(CCCn1ccc2cc(-c3cc(C(F)(F)F)n(C)n3)c(F)cc2c1=O)Nc1cn[nH]c(=O)c1C(F)(F)F. The van der Waals surface area contributed by atoms with Crippen LogP contribution >= 0.6 is 0 Å². The number of nitrogens with zero attached hydrogens (tertiary/aromatic N) is 4. The van der Waals surface area contributed by atoms with Gasteiger partial charge < -0.3 is 9.88 Å². The lowest BCUT2D eigenvalue weighted by atomic mass is 10.1. The van der Waals surface area contributed by atoms with Gasteiger partial charge in [-0.25, -0.2) is 9.49 Å². The molecule has 3 aromatic heterocycles. The lowest BCUT2D eigenvalue weighted by Crippen LogP contribution is -2.27. The standard InChI is InChI=1S/C24H21F7N6O2/c1-12(33-18-11-32-34-21(38)20(18)24(29,30)31)4-3-6-37-7-5-13-8-15(16(25)9-14(13)22(37)39)17-10-19(23(26,27)28)36(2)35-17/h5,7-12H,3-4,6H2,1-2H3,(H2,33,34,38). The van der Waals surface area contributed by atoms with E-state index in [1.165, 1.54) is 22.9 Å². The average molecular weight is 558 g/mol. The summed E-state index contributed by atoms with van der Waals surface area (Å²) < 4.78 is 95.7. The third kappa shape index (κ3) is 5.81. The summed E-state index contributed by atoms with van der Waals surface area (Å²) in [7, 11) is 1.09. The number of halogens is 7. The Morgan fingerprint density at radius 2 is 1.79 bits per heavy atom. The van der Waals surface area contributed by atoms with Crippen LogP contribution in [-0.4, -0.2) is 30.6 Å². The fraction of sp³-hybridized carbons (Fsp3) is 0.333. The molecule has 0 saturated heterocycles. The van der Waals surface area contributed by atoms with Crippen LogP contribution in [0.2, 0.25) is 0 Å². The quantitative estimate of drug-likeness (QED) is 0.313. The van der Waals surface area contributed by atoms with Crippen LogP contribution in [0.25, 0.3) is 22.0 Å². The van der Waals surface area contributed by atoms with Gasteiger partial charge >= 0.3 is 12.4 Å². The zero-order valence-electron chi connectivity index (χ0n) is 20.4. The number of fused-ring (bicyclic) bond motifs is 1. The fourth-order valence-electron chi connectivity index (χ4n) is 4.24. The molecule has 0 spiro atoms. The van der Waals surface area contributed by atoms with E-state index in [2.05, 4.69) is 15.5 Å². The van der Waals surface area contributed by atoms with Gasteiger partial charge in [0, 0.05) is 31.4 Å². The van der Waals surface area contributed by atoms with Gasteiger partial charge in [0.2, 0.25) is 0 Å². The second kappa shape index (κ2) is 10.2. The molecule has 0 amide bonds. The first-order valence-corrected chi connectivity index (χ1v) is 11.5. The first-order chi connectivity index (χ1) is 18.2. The molecule has 0 aliphatic carbocycles. The highest BCUT2D eigenvalue weighted by Crippen LogP contribution is 2.34. The molecule has 15 heteroatoms. The number of alkyl halides is 6. The Hall–Kier alpha value is -4.17. The number of anilines is 1. The molecule has 0 fully saturated rings. The summed E-state index contributed by atoms with van der Waals surface area (Å²) in [5.74, 6) is -0.922. The number of rotatable bonds is 7. The molecule has 2 N–H and O–H groups in total. The average Bonchev–Trinajstić information content (AvgIpc) is 3.21. The predicted molar refractivity (Wildman–Crippen MR) is 128 cm³/mol. The van der Waals surface area contributed by atoms with Crippen LogP contribution in [-0.2, 0) is 25.9 Å². The molecule has 1 aromatic carbocycles. The predicted octanol–water partition coefficient (Wildman–Crippen LogP) is 4.94. The molecule has 39 heavy (non-hydrogen) atoms. The van der Waals surface area contributed by atoms with Gasteiger partial charge in [-0.05, 0) is 49.4 Å². The van der Waals surface area contributed by atoms with Crippen molar-refractivity contribution >= 4 is 16.5 Å². The van der Waals surface area contributed by atoms with Gasteiger partial charge in [-0.1, -0.05) is 0 Å². The largest absolute Gasteiger partial charge is 0.433 e. The summed E-state index contributed by atoms with van der Waals surface area (Å²) in [6.07, 6.45) is -6.61. The van der Waals surface area contributed by atoms with Crippen LogP contribution in [0.1, 0.15) is 31.0 Å². The molecule has 3 heterocycles. The molecule has 0 radical (unpaired) electrons. The number of pyridine rings is 1. The maximum atomic E-state index is 14.9. The minimum atomic E-state index is -4.89. The number of hydrogen-bond acceptors (Lipinski definition) is 5. The lowest BCUT2D eigenvalue weighted by Gasteiger charge is -2.18. The molecule has 1 atom stereocenters. The van der Waals surface area contributed by atoms with Crippen molar-refractivity contribution in [2.45, 2.75) is 44.7 Å². The highest BCUT2D eigenvalue weighted by Gasteiger charge is 2.37. The monoisotopic (exact) mass is 558 g/mol. The van der Waals surface area contributed by atoms with Gasteiger partial charge in [0.15, 0.2) is 0 Å². The number of nitrogens with one attached hydrogen (secondary N) is 2. The summed E-state index contributed by atoms with van der Waals surface area (Å²) in [6, 6.07) is 3.89. The number of aryl methyl sites for hydroxylation is 2. The van der Waals surface area contributed by atoms with Crippen LogP contribution < -0.4 is 16.4 Å². The maximum absolute atomic E-state index is 14.9. The van der Waals surface area contributed by atoms with Crippen LogP contribution in [0.4, 0.5) is 36.4 Å². The van der Waals surface area contributed by atoms with E-state index in [1.807, 2.05) is 0 Å². The Kier molecular flexibility index (Phi) is 7.27. The van der Waals surface area contributed by atoms with Crippen molar-refractivity contribution in [2.24, 2.45) is 7.05 Å². The molecule has 1 unspecified atom stereocenters. The Balaban J connectivity index is 1.49. The molecule has 4 aromatic rings. The third-order valence-electron chi connectivity index (χ3n) is 6.09. The first-order valence-electron chi connectivity index (χ1n) is 11.5. The van der Waals surface area contributed by atoms with E-state index in [0.29, 0.717) is 22.9 Å². The van der Waals surface area contributed by atoms with Crippen molar-refractivity contribution in [1.29, 1.82) is 0 Å². The number of hydrogen-bond donors (Lipinski definition) is 2. The Morgan fingerprint density at radius 3 is 2.44 bits per heavy atom.